The molecule has 0 bridgehead atoms. The van der Waals surface area contributed by atoms with Crippen molar-refractivity contribution in [3.8, 4) is 6.07 Å². The average Bonchev–Trinajstić information content (AvgIpc) is 2.39. The highest BCUT2D eigenvalue weighted by Crippen LogP contribution is 2.44. The average molecular weight is 163 g/mol. The summed E-state index contributed by atoms with van der Waals surface area (Å²) in [5.41, 5.74) is -0.0891. The molecule has 1 heterocycles. The molecule has 1 aromatic heterocycles. The monoisotopic (exact) mass is 163 g/mol. The van der Waals surface area contributed by atoms with E-state index in [0.717, 1.165) is 12.8 Å². The lowest BCUT2D eigenvalue weighted by Crippen LogP contribution is -2.31. The highest BCUT2D eigenvalue weighted by Gasteiger charge is 2.39. The second-order valence-corrected chi connectivity index (χ2v) is 3.97. The van der Waals surface area contributed by atoms with Gasteiger partial charge in [0.05, 0.1) is 11.5 Å². The summed E-state index contributed by atoms with van der Waals surface area (Å²) in [5.74, 6) is 0. The number of nitrogens with zero attached hydrogens (tertiary/aromatic N) is 1. The van der Waals surface area contributed by atoms with E-state index in [1.807, 2.05) is 11.4 Å². The van der Waals surface area contributed by atoms with Crippen LogP contribution in [0, 0.1) is 11.3 Å². The van der Waals surface area contributed by atoms with E-state index in [1.165, 1.54) is 11.3 Å². The molecule has 0 atom stereocenters. The summed E-state index contributed by atoms with van der Waals surface area (Å²) in [4.78, 5) is 1.26. The minimum atomic E-state index is -0.0891. The summed E-state index contributed by atoms with van der Waals surface area (Å²) < 4.78 is 0. The summed E-state index contributed by atoms with van der Waals surface area (Å²) in [7, 11) is 0. The van der Waals surface area contributed by atoms with Gasteiger partial charge in [0.15, 0.2) is 0 Å². The van der Waals surface area contributed by atoms with Crippen molar-refractivity contribution >= 4 is 11.3 Å². The molecule has 2 heteroatoms. The molecule has 1 fully saturated rings. The van der Waals surface area contributed by atoms with Crippen LogP contribution >= 0.6 is 11.3 Å². The van der Waals surface area contributed by atoms with Crippen molar-refractivity contribution in [1.29, 1.82) is 5.26 Å². The molecular weight excluding hydrogens is 154 g/mol. The molecule has 0 radical (unpaired) electrons. The highest BCUT2D eigenvalue weighted by molar-refractivity contribution is 7.10. The molecule has 0 unspecified atom stereocenters. The normalized spacial score (nSPS) is 20.3. The zero-order valence-corrected chi connectivity index (χ0v) is 7.03. The predicted molar refractivity (Wildman–Crippen MR) is 45.5 cm³/mol. The maximum atomic E-state index is 8.96. The summed E-state index contributed by atoms with van der Waals surface area (Å²) >= 11 is 1.71. The number of rotatable bonds is 1. The lowest BCUT2D eigenvalue weighted by Gasteiger charge is -2.33. The maximum Gasteiger partial charge on any atom is 0.0914 e. The second-order valence-electron chi connectivity index (χ2n) is 3.02. The molecule has 0 amide bonds. The van der Waals surface area contributed by atoms with Crippen LogP contribution in [0.15, 0.2) is 17.5 Å². The molecule has 0 aromatic carbocycles. The third-order valence-electron chi connectivity index (χ3n) is 2.41. The fraction of sp³-hybridized carbons (Fsp3) is 0.444. The lowest BCUT2D eigenvalue weighted by atomic mass is 9.69. The Kier molecular flexibility index (Phi) is 1.47. The van der Waals surface area contributed by atoms with Gasteiger partial charge in [0, 0.05) is 4.88 Å². The summed E-state index contributed by atoms with van der Waals surface area (Å²) in [6, 6.07) is 6.53. The van der Waals surface area contributed by atoms with Gasteiger partial charge in [0.2, 0.25) is 0 Å². The topological polar surface area (TPSA) is 23.8 Å². The van der Waals surface area contributed by atoms with Crippen molar-refractivity contribution < 1.29 is 0 Å². The number of nitriles is 1. The van der Waals surface area contributed by atoms with E-state index in [0.29, 0.717) is 0 Å². The standard InChI is InChI=1S/C9H9NS/c10-7-9(4-2-5-9)8-3-1-6-11-8/h1,3,6H,2,4-5H2. The molecule has 2 rings (SSSR count). The molecule has 0 N–H and O–H groups in total. The molecule has 11 heavy (non-hydrogen) atoms. The first kappa shape index (κ1) is 6.87. The van der Waals surface area contributed by atoms with E-state index in [9.17, 15) is 0 Å². The van der Waals surface area contributed by atoms with Gasteiger partial charge in [0.25, 0.3) is 0 Å². The molecule has 56 valence electrons. The molecule has 1 nitrogen and oxygen atoms in total. The molecular formula is C9H9NS. The van der Waals surface area contributed by atoms with E-state index >= 15 is 0 Å². The fourth-order valence-electron chi connectivity index (χ4n) is 1.49. The van der Waals surface area contributed by atoms with Crippen molar-refractivity contribution in [2.24, 2.45) is 0 Å². The van der Waals surface area contributed by atoms with Gasteiger partial charge in [-0.2, -0.15) is 5.26 Å². The van der Waals surface area contributed by atoms with Gasteiger partial charge in [-0.1, -0.05) is 6.07 Å². The van der Waals surface area contributed by atoms with Gasteiger partial charge in [-0.3, -0.25) is 0 Å². The fourth-order valence-corrected chi connectivity index (χ4v) is 2.43. The Morgan fingerprint density at radius 1 is 1.55 bits per heavy atom. The van der Waals surface area contributed by atoms with Crippen LogP contribution in [0.3, 0.4) is 0 Å². The van der Waals surface area contributed by atoms with Crippen LogP contribution < -0.4 is 0 Å². The Hall–Kier alpha value is -0.810. The van der Waals surface area contributed by atoms with Crippen molar-refractivity contribution in [2.45, 2.75) is 24.7 Å². The van der Waals surface area contributed by atoms with E-state index in [-0.39, 0.29) is 5.41 Å². The Morgan fingerprint density at radius 2 is 2.36 bits per heavy atom. The van der Waals surface area contributed by atoms with Gasteiger partial charge in [-0.15, -0.1) is 11.3 Å². The largest absolute Gasteiger partial charge is 0.197 e. The first-order chi connectivity index (χ1) is 5.37. The van der Waals surface area contributed by atoms with Crippen LogP contribution in [0.25, 0.3) is 0 Å². The molecule has 0 aliphatic heterocycles. The van der Waals surface area contributed by atoms with Crippen molar-refractivity contribution in [3.05, 3.63) is 22.4 Å². The SMILES string of the molecule is N#CC1(c2cccs2)CCC1. The summed E-state index contributed by atoms with van der Waals surface area (Å²) in [6.07, 6.45) is 3.33. The zero-order valence-electron chi connectivity index (χ0n) is 6.21. The molecule has 1 aliphatic carbocycles. The summed E-state index contributed by atoms with van der Waals surface area (Å²) in [6.45, 7) is 0. The van der Waals surface area contributed by atoms with E-state index in [4.69, 9.17) is 5.26 Å². The summed E-state index contributed by atoms with van der Waals surface area (Å²) in [5, 5.41) is 11.0. The number of thiophene rings is 1. The molecule has 1 aromatic rings. The van der Waals surface area contributed by atoms with Crippen molar-refractivity contribution in [3.63, 3.8) is 0 Å². The highest BCUT2D eigenvalue weighted by atomic mass is 32.1. The first-order valence-corrected chi connectivity index (χ1v) is 4.71. The van der Waals surface area contributed by atoms with Gasteiger partial charge in [-0.25, -0.2) is 0 Å². The number of hydrogen-bond donors (Lipinski definition) is 0. The van der Waals surface area contributed by atoms with Gasteiger partial charge >= 0.3 is 0 Å². The number of hydrogen-bond acceptors (Lipinski definition) is 2. The first-order valence-electron chi connectivity index (χ1n) is 3.83. The molecule has 0 spiro atoms. The Morgan fingerprint density at radius 3 is 2.73 bits per heavy atom. The van der Waals surface area contributed by atoms with Crippen LogP contribution in [0.4, 0.5) is 0 Å². The van der Waals surface area contributed by atoms with Crippen LogP contribution in [0.1, 0.15) is 24.1 Å². The predicted octanol–water partition coefficient (Wildman–Crippen LogP) is 2.69. The second kappa shape index (κ2) is 2.35. The molecule has 1 saturated carbocycles. The lowest BCUT2D eigenvalue weighted by molar-refractivity contribution is 0.330. The maximum absolute atomic E-state index is 8.96. The van der Waals surface area contributed by atoms with Crippen LogP contribution in [-0.2, 0) is 5.41 Å². The molecule has 0 saturated heterocycles. The van der Waals surface area contributed by atoms with E-state index in [2.05, 4.69) is 12.1 Å². The van der Waals surface area contributed by atoms with Crippen LogP contribution in [-0.4, -0.2) is 0 Å². The van der Waals surface area contributed by atoms with E-state index < -0.39 is 0 Å². The van der Waals surface area contributed by atoms with Crippen LogP contribution in [0.5, 0.6) is 0 Å². The Labute approximate surface area is 70.3 Å². The zero-order chi connectivity index (χ0) is 7.73. The smallest absolute Gasteiger partial charge is 0.0914 e. The third-order valence-corrected chi connectivity index (χ3v) is 3.49. The van der Waals surface area contributed by atoms with Gasteiger partial charge < -0.3 is 0 Å². The Bertz CT molecular complexity index is 277. The van der Waals surface area contributed by atoms with Crippen molar-refractivity contribution in [1.82, 2.24) is 0 Å². The molecule has 1 aliphatic rings. The minimum absolute atomic E-state index is 0.0891. The quantitative estimate of drug-likeness (QED) is 0.624. The third kappa shape index (κ3) is 0.883. The Balaban J connectivity index is 2.34. The van der Waals surface area contributed by atoms with Gasteiger partial charge in [0.1, 0.15) is 0 Å². The minimum Gasteiger partial charge on any atom is -0.197 e. The van der Waals surface area contributed by atoms with E-state index in [1.54, 1.807) is 11.3 Å². The van der Waals surface area contributed by atoms with Gasteiger partial charge in [-0.05, 0) is 30.7 Å². The van der Waals surface area contributed by atoms with Crippen molar-refractivity contribution in [2.75, 3.05) is 0 Å². The van der Waals surface area contributed by atoms with Crippen LogP contribution in [0.2, 0.25) is 0 Å².